The van der Waals surface area contributed by atoms with Crippen molar-refractivity contribution in [2.75, 3.05) is 0 Å². The van der Waals surface area contributed by atoms with Gasteiger partial charge in [0.25, 0.3) is 0 Å². The molecule has 3 aromatic rings. The minimum Gasteiger partial charge on any atom is -0.457 e. The van der Waals surface area contributed by atoms with E-state index in [1.54, 1.807) is 0 Å². The maximum atomic E-state index is 6.57. The first-order valence-electron chi connectivity index (χ1n) is 14.6. The Hall–Kier alpha value is -5.03. The predicted octanol–water partition coefficient (Wildman–Crippen LogP) is 8.49. The Bertz CT molecular complexity index is 1700. The van der Waals surface area contributed by atoms with Crippen molar-refractivity contribution in [2.24, 2.45) is 0 Å². The van der Waals surface area contributed by atoms with Crippen LogP contribution in [0.3, 0.4) is 0 Å². The van der Waals surface area contributed by atoms with Crippen LogP contribution in [-0.2, 0) is 4.74 Å². The van der Waals surface area contributed by atoms with E-state index < -0.39 is 0 Å². The molecule has 7 rings (SSSR count). The zero-order valence-electron chi connectivity index (χ0n) is 23.5. The average molecular weight is 549 g/mol. The third kappa shape index (κ3) is 4.88. The molecule has 0 N–H and O–H groups in total. The van der Waals surface area contributed by atoms with Gasteiger partial charge in [-0.3, -0.25) is 0 Å². The molecule has 1 aliphatic heterocycles. The SMILES string of the molecule is C=C1C=CCC/C1=C1\OC2=C(C=CCC2)N(C2C=C(c3nc(-c4ccccc4)nc(-c4ccccc4)n3)C=CC2)C1=C. The smallest absolute Gasteiger partial charge is 0.164 e. The fraction of sp³-hybridized carbons (Fsp3) is 0.162. The van der Waals surface area contributed by atoms with Gasteiger partial charge in [-0.15, -0.1) is 0 Å². The summed E-state index contributed by atoms with van der Waals surface area (Å²) in [5.41, 5.74) is 6.96. The standard InChI is InChI=1S/C37H32N4O/c1-25-14-9-10-21-31(25)34-26(2)41(32-22-11-12-23-33(32)42-34)30-20-13-19-29(24-30)37-39-35(27-15-5-3-6-16-27)38-36(40-37)28-17-7-4-8-18-28/h3-9,11,13-19,22,24,30H,1-2,10,12,20-21,23H2/b34-31+. The molecule has 42 heavy (non-hydrogen) atoms. The van der Waals surface area contributed by atoms with Gasteiger partial charge in [-0.2, -0.15) is 0 Å². The van der Waals surface area contributed by atoms with Crippen molar-refractivity contribution in [2.45, 2.75) is 38.1 Å². The van der Waals surface area contributed by atoms with E-state index >= 15 is 0 Å². The second-order valence-electron chi connectivity index (χ2n) is 10.8. The molecule has 0 saturated heterocycles. The molecule has 0 spiro atoms. The molecule has 0 fully saturated rings. The van der Waals surface area contributed by atoms with Gasteiger partial charge in [0.1, 0.15) is 5.76 Å². The molecule has 0 saturated carbocycles. The van der Waals surface area contributed by atoms with E-state index in [1.165, 1.54) is 0 Å². The molecule has 3 aliphatic carbocycles. The molecule has 4 aliphatic rings. The summed E-state index contributed by atoms with van der Waals surface area (Å²) < 4.78 is 6.57. The molecule has 0 bridgehead atoms. The van der Waals surface area contributed by atoms with E-state index in [2.05, 4.69) is 60.6 Å². The molecule has 0 radical (unpaired) electrons. The fourth-order valence-corrected chi connectivity index (χ4v) is 5.91. The van der Waals surface area contributed by atoms with Gasteiger partial charge in [-0.25, -0.2) is 15.0 Å². The predicted molar refractivity (Wildman–Crippen MR) is 168 cm³/mol. The lowest BCUT2D eigenvalue weighted by Gasteiger charge is -2.42. The first kappa shape index (κ1) is 25.9. The van der Waals surface area contributed by atoms with E-state index in [1.807, 2.05) is 60.7 Å². The van der Waals surface area contributed by atoms with Gasteiger partial charge in [0.2, 0.25) is 0 Å². The molecule has 1 unspecified atom stereocenters. The van der Waals surface area contributed by atoms with Crippen molar-refractivity contribution in [3.8, 4) is 22.8 Å². The summed E-state index contributed by atoms with van der Waals surface area (Å²) in [6.45, 7) is 8.88. The van der Waals surface area contributed by atoms with Crippen LogP contribution in [0.2, 0.25) is 0 Å². The molecular weight excluding hydrogens is 516 g/mol. The fourth-order valence-electron chi connectivity index (χ4n) is 5.91. The number of ether oxygens (including phenoxy) is 1. The maximum absolute atomic E-state index is 6.57. The van der Waals surface area contributed by atoms with Gasteiger partial charge in [0.05, 0.1) is 17.4 Å². The van der Waals surface area contributed by atoms with Crippen LogP contribution in [0.1, 0.15) is 37.9 Å². The van der Waals surface area contributed by atoms with Crippen LogP contribution in [0, 0.1) is 0 Å². The molecule has 2 aromatic carbocycles. The monoisotopic (exact) mass is 548 g/mol. The normalized spacial score (nSPS) is 21.8. The maximum Gasteiger partial charge on any atom is 0.164 e. The van der Waals surface area contributed by atoms with Crippen molar-refractivity contribution in [3.05, 3.63) is 156 Å². The summed E-state index contributed by atoms with van der Waals surface area (Å²) in [4.78, 5) is 17.1. The summed E-state index contributed by atoms with van der Waals surface area (Å²) in [6, 6.07) is 20.2. The Balaban J connectivity index is 1.32. The first-order valence-corrected chi connectivity index (χ1v) is 14.6. The van der Waals surface area contributed by atoms with E-state index in [0.717, 1.165) is 82.9 Å². The minimum absolute atomic E-state index is 0.0225. The third-order valence-electron chi connectivity index (χ3n) is 8.02. The Kier molecular flexibility index (Phi) is 6.84. The highest BCUT2D eigenvalue weighted by Crippen LogP contribution is 2.42. The van der Waals surface area contributed by atoms with Gasteiger partial charge in [-0.1, -0.05) is 110 Å². The molecule has 1 aromatic heterocycles. The van der Waals surface area contributed by atoms with E-state index in [9.17, 15) is 0 Å². The molecule has 1 atom stereocenters. The lowest BCUT2D eigenvalue weighted by atomic mass is 9.92. The summed E-state index contributed by atoms with van der Waals surface area (Å²) in [7, 11) is 0. The molecule has 206 valence electrons. The Morgan fingerprint density at radius 2 is 1.36 bits per heavy atom. The Morgan fingerprint density at radius 3 is 2.05 bits per heavy atom. The summed E-state index contributed by atoms with van der Waals surface area (Å²) in [6.07, 6.45) is 19.8. The number of benzene rings is 2. The van der Waals surface area contributed by atoms with Crippen LogP contribution >= 0.6 is 0 Å². The molecule has 2 heterocycles. The Morgan fingerprint density at radius 1 is 0.714 bits per heavy atom. The van der Waals surface area contributed by atoms with Crippen LogP contribution in [-0.4, -0.2) is 25.9 Å². The largest absolute Gasteiger partial charge is 0.457 e. The van der Waals surface area contributed by atoms with E-state index in [4.69, 9.17) is 19.7 Å². The lowest BCUT2D eigenvalue weighted by Crippen LogP contribution is -2.38. The quantitative estimate of drug-likeness (QED) is 0.327. The average Bonchev–Trinajstić information content (AvgIpc) is 3.05. The third-order valence-corrected chi connectivity index (χ3v) is 8.02. The van der Waals surface area contributed by atoms with Crippen molar-refractivity contribution >= 4 is 5.57 Å². The molecule has 5 heteroatoms. The van der Waals surface area contributed by atoms with Gasteiger partial charge in [-0.05, 0) is 37.3 Å². The van der Waals surface area contributed by atoms with Crippen LogP contribution in [0.5, 0.6) is 0 Å². The summed E-state index contributed by atoms with van der Waals surface area (Å²) >= 11 is 0. The van der Waals surface area contributed by atoms with E-state index in [-0.39, 0.29) is 6.04 Å². The second kappa shape index (κ2) is 11.1. The molecule has 0 amide bonds. The minimum atomic E-state index is 0.0225. The van der Waals surface area contributed by atoms with Crippen LogP contribution in [0.4, 0.5) is 0 Å². The molecule has 5 nitrogen and oxygen atoms in total. The highest BCUT2D eigenvalue weighted by molar-refractivity contribution is 5.74. The zero-order chi connectivity index (χ0) is 28.5. The number of aromatic nitrogens is 3. The molecular formula is C37H32N4O. The van der Waals surface area contributed by atoms with Gasteiger partial charge in [0, 0.05) is 28.7 Å². The van der Waals surface area contributed by atoms with Crippen LogP contribution < -0.4 is 0 Å². The Labute approximate surface area is 247 Å². The van der Waals surface area contributed by atoms with Crippen LogP contribution in [0.15, 0.2) is 150 Å². The number of hydrogen-bond acceptors (Lipinski definition) is 5. The second-order valence-corrected chi connectivity index (χ2v) is 10.8. The van der Waals surface area contributed by atoms with Gasteiger partial charge < -0.3 is 9.64 Å². The number of rotatable bonds is 4. The topological polar surface area (TPSA) is 51.1 Å². The summed E-state index contributed by atoms with van der Waals surface area (Å²) in [5, 5.41) is 0. The lowest BCUT2D eigenvalue weighted by molar-refractivity contribution is 0.207. The van der Waals surface area contributed by atoms with Crippen molar-refractivity contribution in [1.82, 2.24) is 19.9 Å². The first-order chi connectivity index (χ1) is 20.7. The highest BCUT2D eigenvalue weighted by atomic mass is 16.5. The van der Waals surface area contributed by atoms with Gasteiger partial charge >= 0.3 is 0 Å². The van der Waals surface area contributed by atoms with Gasteiger partial charge in [0.15, 0.2) is 23.2 Å². The van der Waals surface area contributed by atoms with E-state index in [0.29, 0.717) is 17.5 Å². The highest BCUT2D eigenvalue weighted by Gasteiger charge is 2.34. The van der Waals surface area contributed by atoms with Crippen molar-refractivity contribution in [3.63, 3.8) is 0 Å². The number of allylic oxidation sites excluding steroid dienone is 9. The number of hydrogen-bond donors (Lipinski definition) is 0. The summed E-state index contributed by atoms with van der Waals surface area (Å²) in [5.74, 6) is 3.81. The van der Waals surface area contributed by atoms with Crippen molar-refractivity contribution in [1.29, 1.82) is 0 Å². The zero-order valence-corrected chi connectivity index (χ0v) is 23.5. The number of nitrogens with zero attached hydrogens (tertiary/aromatic N) is 4. The van der Waals surface area contributed by atoms with Crippen LogP contribution in [0.25, 0.3) is 28.3 Å². The van der Waals surface area contributed by atoms with Crippen molar-refractivity contribution < 1.29 is 4.74 Å².